The Labute approximate surface area is 147 Å². The number of aryl methyl sites for hydroxylation is 1. The van der Waals surface area contributed by atoms with Gasteiger partial charge in [-0.1, -0.05) is 36.0 Å². The van der Waals surface area contributed by atoms with E-state index in [-0.39, 0.29) is 11.2 Å². The van der Waals surface area contributed by atoms with Crippen molar-refractivity contribution in [3.63, 3.8) is 0 Å². The first-order valence-corrected chi connectivity index (χ1v) is 8.76. The van der Waals surface area contributed by atoms with Crippen molar-refractivity contribution in [1.29, 1.82) is 0 Å². The van der Waals surface area contributed by atoms with Gasteiger partial charge in [-0.3, -0.25) is 9.20 Å². The van der Waals surface area contributed by atoms with Crippen LogP contribution in [0.4, 0.5) is 5.82 Å². The summed E-state index contributed by atoms with van der Waals surface area (Å²) in [4.78, 5) is 17.0. The highest BCUT2D eigenvalue weighted by Gasteiger charge is 2.23. The van der Waals surface area contributed by atoms with E-state index in [1.54, 1.807) is 13.0 Å². The SMILES string of the molecule is CC[C@H](Sc1n[nH]c2nc3ccccc3n12)C(=O)Nc1cc(C)on1. The molecule has 4 rings (SSSR count). The van der Waals surface area contributed by atoms with Crippen LogP contribution in [0.3, 0.4) is 0 Å². The van der Waals surface area contributed by atoms with E-state index in [0.717, 1.165) is 11.0 Å². The molecule has 4 aromatic rings. The van der Waals surface area contributed by atoms with Crippen LogP contribution in [0.25, 0.3) is 16.8 Å². The van der Waals surface area contributed by atoms with Gasteiger partial charge in [0.1, 0.15) is 5.76 Å². The Morgan fingerprint density at radius 1 is 1.44 bits per heavy atom. The third-order valence-corrected chi connectivity index (χ3v) is 5.11. The fourth-order valence-corrected chi connectivity index (χ4v) is 3.58. The van der Waals surface area contributed by atoms with Crippen LogP contribution >= 0.6 is 11.8 Å². The maximum absolute atomic E-state index is 12.5. The van der Waals surface area contributed by atoms with E-state index < -0.39 is 0 Å². The van der Waals surface area contributed by atoms with Crippen LogP contribution in [0.2, 0.25) is 0 Å². The number of imidazole rings is 1. The first-order chi connectivity index (χ1) is 12.2. The fraction of sp³-hybridized carbons (Fsp3) is 0.250. The molecule has 0 aliphatic rings. The van der Waals surface area contributed by atoms with Crippen molar-refractivity contribution in [2.45, 2.75) is 30.7 Å². The molecule has 1 atom stereocenters. The number of H-pyrrole nitrogens is 1. The summed E-state index contributed by atoms with van der Waals surface area (Å²) in [5.74, 6) is 1.59. The predicted octanol–water partition coefficient (Wildman–Crippen LogP) is 3.02. The molecule has 0 radical (unpaired) electrons. The molecule has 0 saturated heterocycles. The number of hydrogen-bond donors (Lipinski definition) is 2. The van der Waals surface area contributed by atoms with Crippen molar-refractivity contribution in [1.82, 2.24) is 24.7 Å². The highest BCUT2D eigenvalue weighted by Crippen LogP contribution is 2.28. The molecule has 0 saturated carbocycles. The van der Waals surface area contributed by atoms with Crippen LogP contribution < -0.4 is 5.32 Å². The van der Waals surface area contributed by atoms with Gasteiger partial charge < -0.3 is 9.84 Å². The molecule has 8 nitrogen and oxygen atoms in total. The number of carbonyl (C=O) groups is 1. The molecule has 1 amide bonds. The molecule has 25 heavy (non-hydrogen) atoms. The summed E-state index contributed by atoms with van der Waals surface area (Å²) in [5.41, 5.74) is 1.84. The number of hydrogen-bond acceptors (Lipinski definition) is 6. The zero-order valence-electron chi connectivity index (χ0n) is 13.7. The lowest BCUT2D eigenvalue weighted by molar-refractivity contribution is -0.115. The van der Waals surface area contributed by atoms with Gasteiger partial charge in [-0.15, -0.1) is 5.10 Å². The van der Waals surface area contributed by atoms with Crippen LogP contribution in [-0.4, -0.2) is 35.9 Å². The second kappa shape index (κ2) is 6.25. The summed E-state index contributed by atoms with van der Waals surface area (Å²) in [6, 6.07) is 9.51. The number of thioether (sulfide) groups is 1. The Balaban J connectivity index is 1.61. The number of amides is 1. The Kier molecular flexibility index (Phi) is 3.92. The average molecular weight is 356 g/mol. The summed E-state index contributed by atoms with van der Waals surface area (Å²) in [5, 5.41) is 14.2. The normalized spacial score (nSPS) is 12.7. The minimum atomic E-state index is -0.315. The van der Waals surface area contributed by atoms with Gasteiger partial charge in [-0.25, -0.2) is 10.1 Å². The largest absolute Gasteiger partial charge is 0.360 e. The smallest absolute Gasteiger partial charge is 0.239 e. The van der Waals surface area contributed by atoms with Crippen LogP contribution in [0, 0.1) is 6.92 Å². The van der Waals surface area contributed by atoms with Crippen LogP contribution in [0.1, 0.15) is 19.1 Å². The van der Waals surface area contributed by atoms with E-state index in [1.165, 1.54) is 11.8 Å². The Bertz CT molecular complexity index is 1050. The highest BCUT2D eigenvalue weighted by molar-refractivity contribution is 8.00. The van der Waals surface area contributed by atoms with E-state index in [0.29, 0.717) is 28.9 Å². The third-order valence-electron chi connectivity index (χ3n) is 3.79. The molecule has 0 aliphatic heterocycles. The number of aromatic nitrogens is 5. The van der Waals surface area contributed by atoms with Gasteiger partial charge >= 0.3 is 0 Å². The van der Waals surface area contributed by atoms with Gasteiger partial charge in [-0.2, -0.15) is 0 Å². The third kappa shape index (κ3) is 2.86. The average Bonchev–Trinajstić information content (AvgIpc) is 3.28. The maximum atomic E-state index is 12.5. The lowest BCUT2D eigenvalue weighted by atomic mass is 10.3. The standard InChI is InChI=1S/C16H16N6O2S/c1-3-12(14(23)18-13-8-9(2)24-21-13)25-16-20-19-15-17-10-6-4-5-7-11(10)22(15)16/h4-8,12H,3H2,1-2H3,(H,17,19)(H,18,21,23)/t12-/m0/s1. The number of rotatable bonds is 5. The molecule has 3 heterocycles. The van der Waals surface area contributed by atoms with E-state index in [9.17, 15) is 4.79 Å². The lowest BCUT2D eigenvalue weighted by Crippen LogP contribution is -2.25. The Morgan fingerprint density at radius 3 is 3.04 bits per heavy atom. The molecule has 128 valence electrons. The van der Waals surface area contributed by atoms with Gasteiger partial charge in [-0.05, 0) is 25.5 Å². The van der Waals surface area contributed by atoms with E-state index in [4.69, 9.17) is 4.52 Å². The summed E-state index contributed by atoms with van der Waals surface area (Å²) in [7, 11) is 0. The Morgan fingerprint density at radius 2 is 2.28 bits per heavy atom. The van der Waals surface area contributed by atoms with Crippen molar-refractivity contribution in [2.24, 2.45) is 0 Å². The van der Waals surface area contributed by atoms with Crippen LogP contribution in [0.5, 0.6) is 0 Å². The molecule has 0 unspecified atom stereocenters. The molecular weight excluding hydrogens is 340 g/mol. The van der Waals surface area contributed by atoms with E-state index in [2.05, 4.69) is 25.7 Å². The topological polar surface area (TPSA) is 101 Å². The van der Waals surface area contributed by atoms with Gasteiger partial charge in [0.15, 0.2) is 11.0 Å². The van der Waals surface area contributed by atoms with Gasteiger partial charge in [0.2, 0.25) is 11.7 Å². The number of nitrogens with zero attached hydrogens (tertiary/aromatic N) is 4. The second-order valence-electron chi connectivity index (χ2n) is 5.59. The minimum Gasteiger partial charge on any atom is -0.360 e. The number of fused-ring (bicyclic) bond motifs is 3. The molecule has 1 aromatic carbocycles. The quantitative estimate of drug-likeness (QED) is 0.533. The molecule has 3 aromatic heterocycles. The molecule has 0 bridgehead atoms. The fourth-order valence-electron chi connectivity index (χ4n) is 2.60. The van der Waals surface area contributed by atoms with Gasteiger partial charge in [0.25, 0.3) is 0 Å². The predicted molar refractivity (Wildman–Crippen MR) is 94.6 cm³/mol. The minimum absolute atomic E-state index is 0.138. The number of aromatic amines is 1. The number of para-hydroxylation sites is 2. The highest BCUT2D eigenvalue weighted by atomic mass is 32.2. The van der Waals surface area contributed by atoms with Crippen molar-refractivity contribution < 1.29 is 9.32 Å². The van der Waals surface area contributed by atoms with E-state index >= 15 is 0 Å². The first kappa shape index (κ1) is 15.7. The molecular formula is C16H16N6O2S. The zero-order valence-corrected chi connectivity index (χ0v) is 14.5. The first-order valence-electron chi connectivity index (χ1n) is 7.88. The summed E-state index contributed by atoms with van der Waals surface area (Å²) in [6.07, 6.45) is 0.647. The molecule has 0 spiro atoms. The molecule has 2 N–H and O–H groups in total. The molecule has 0 aliphatic carbocycles. The number of benzene rings is 1. The zero-order chi connectivity index (χ0) is 17.4. The van der Waals surface area contributed by atoms with Crippen LogP contribution in [0.15, 0.2) is 40.0 Å². The maximum Gasteiger partial charge on any atom is 0.239 e. The van der Waals surface area contributed by atoms with E-state index in [1.807, 2.05) is 35.6 Å². The van der Waals surface area contributed by atoms with Crippen molar-refractivity contribution in [3.05, 3.63) is 36.1 Å². The van der Waals surface area contributed by atoms with Gasteiger partial charge in [0.05, 0.1) is 16.3 Å². The van der Waals surface area contributed by atoms with Crippen molar-refractivity contribution >= 4 is 40.3 Å². The summed E-state index contributed by atoms with van der Waals surface area (Å²) < 4.78 is 6.91. The number of anilines is 1. The number of nitrogens with one attached hydrogen (secondary N) is 2. The second-order valence-corrected chi connectivity index (χ2v) is 6.76. The van der Waals surface area contributed by atoms with Crippen molar-refractivity contribution in [3.8, 4) is 0 Å². The molecule has 0 fully saturated rings. The molecule has 9 heteroatoms. The van der Waals surface area contributed by atoms with Crippen LogP contribution in [-0.2, 0) is 4.79 Å². The monoisotopic (exact) mass is 356 g/mol. The van der Waals surface area contributed by atoms with Crippen molar-refractivity contribution in [2.75, 3.05) is 5.32 Å². The lowest BCUT2D eigenvalue weighted by Gasteiger charge is -2.11. The number of carbonyl (C=O) groups excluding carboxylic acids is 1. The van der Waals surface area contributed by atoms with Gasteiger partial charge in [0, 0.05) is 6.07 Å². The Hall–Kier alpha value is -2.81. The summed E-state index contributed by atoms with van der Waals surface area (Å²) >= 11 is 1.39. The summed E-state index contributed by atoms with van der Waals surface area (Å²) in [6.45, 7) is 3.74.